The first-order valence-electron chi connectivity index (χ1n) is 13.3. The van der Waals surface area contributed by atoms with E-state index in [1.807, 2.05) is 32.6 Å². The molecular formula is C29H37N6O6S+. The van der Waals surface area contributed by atoms with Gasteiger partial charge in [-0.1, -0.05) is 26.8 Å². The van der Waals surface area contributed by atoms with Gasteiger partial charge in [-0.05, 0) is 51.9 Å². The molecule has 0 bridgehead atoms. The molecule has 1 fully saturated rings. The molecule has 4 rings (SSSR count). The number of benzene rings is 2. The van der Waals surface area contributed by atoms with Crippen LogP contribution in [-0.4, -0.2) is 64.2 Å². The van der Waals surface area contributed by atoms with E-state index >= 15 is 0 Å². The molecule has 224 valence electrons. The topological polar surface area (TPSA) is 155 Å². The largest absolute Gasteiger partial charge is 0.492 e. The summed E-state index contributed by atoms with van der Waals surface area (Å²) in [7, 11) is -1.94. The lowest BCUT2D eigenvalue weighted by molar-refractivity contribution is -0.124. The van der Waals surface area contributed by atoms with Crippen LogP contribution < -0.4 is 24.8 Å². The zero-order chi connectivity index (χ0) is 30.7. The average Bonchev–Trinajstić information content (AvgIpc) is 2.88. The average molecular weight is 598 g/mol. The van der Waals surface area contributed by atoms with Crippen LogP contribution in [0.5, 0.6) is 17.4 Å². The van der Waals surface area contributed by atoms with Gasteiger partial charge in [0.15, 0.2) is 12.0 Å². The maximum Gasteiger partial charge on any atom is 0.307 e. The molecule has 1 aromatic heterocycles. The molecule has 0 radical (unpaired) electrons. The molecule has 1 unspecified atom stereocenters. The van der Waals surface area contributed by atoms with Crippen molar-refractivity contribution < 1.29 is 27.8 Å². The third-order valence-electron chi connectivity index (χ3n) is 6.53. The second-order valence-corrected chi connectivity index (χ2v) is 13.0. The van der Waals surface area contributed by atoms with Crippen molar-refractivity contribution in [2.75, 3.05) is 43.0 Å². The number of hydrogen-bond acceptors (Lipinski definition) is 8. The summed E-state index contributed by atoms with van der Waals surface area (Å²) in [6, 6.07) is 10.2. The van der Waals surface area contributed by atoms with E-state index in [1.165, 1.54) is 7.11 Å². The Morgan fingerprint density at radius 1 is 1.19 bits per heavy atom. The zero-order valence-electron chi connectivity index (χ0n) is 24.6. The number of rotatable bonds is 9. The maximum atomic E-state index is 13.4. The first kappa shape index (κ1) is 30.9. The van der Waals surface area contributed by atoms with Crippen LogP contribution in [0.25, 0.3) is 0 Å². The lowest BCUT2D eigenvalue weighted by atomic mass is 9.86. The molecule has 2 amide bonds. The monoisotopic (exact) mass is 597 g/mol. The number of nitrogens with one attached hydrogen (secondary N) is 3. The molecule has 1 aliphatic rings. The first-order chi connectivity index (χ1) is 19.7. The fraction of sp³-hybridized carbons (Fsp3) is 0.379. The molecule has 42 heavy (non-hydrogen) atoms. The van der Waals surface area contributed by atoms with Crippen LogP contribution in [0.3, 0.4) is 0 Å². The van der Waals surface area contributed by atoms with Gasteiger partial charge in [-0.3, -0.25) is 14.5 Å². The highest BCUT2D eigenvalue weighted by atomic mass is 32.3. The van der Waals surface area contributed by atoms with Gasteiger partial charge in [0.25, 0.3) is 5.91 Å². The maximum absolute atomic E-state index is 13.4. The Morgan fingerprint density at radius 3 is 2.60 bits per heavy atom. The van der Waals surface area contributed by atoms with E-state index in [0.29, 0.717) is 48.3 Å². The molecule has 0 spiro atoms. The summed E-state index contributed by atoms with van der Waals surface area (Å²) in [6.07, 6.45) is 2.75. The van der Waals surface area contributed by atoms with Crippen molar-refractivity contribution in [3.8, 4) is 17.4 Å². The Labute approximate surface area is 246 Å². The minimum Gasteiger partial charge on any atom is -0.492 e. The zero-order valence-corrected chi connectivity index (χ0v) is 25.4. The van der Waals surface area contributed by atoms with Crippen LogP contribution in [-0.2, 0) is 31.4 Å². The number of anilines is 2. The normalized spacial score (nSPS) is 15.4. The van der Waals surface area contributed by atoms with Gasteiger partial charge < -0.3 is 20.1 Å². The van der Waals surface area contributed by atoms with Crippen LogP contribution >= 0.6 is 0 Å². The van der Waals surface area contributed by atoms with Crippen molar-refractivity contribution >= 4 is 33.6 Å². The number of methoxy groups -OCH3 is 1. The summed E-state index contributed by atoms with van der Waals surface area (Å²) < 4.78 is 36.3. The Kier molecular flexibility index (Phi) is 9.14. The fourth-order valence-corrected chi connectivity index (χ4v) is 4.91. The van der Waals surface area contributed by atoms with Gasteiger partial charge in [-0.25, -0.2) is 4.98 Å². The highest BCUT2D eigenvalue weighted by molar-refractivity contribution is 7.98. The number of ether oxygens (including phenoxy) is 2. The molecule has 0 saturated carbocycles. The molecule has 12 nitrogen and oxygen atoms in total. The van der Waals surface area contributed by atoms with Crippen molar-refractivity contribution in [1.82, 2.24) is 20.2 Å². The summed E-state index contributed by atoms with van der Waals surface area (Å²) >= 11 is 0. The summed E-state index contributed by atoms with van der Waals surface area (Å²) in [5.74, 6) is 1.03. The molecule has 13 heteroatoms. The lowest BCUT2D eigenvalue weighted by Crippen LogP contribution is -2.47. The molecule has 1 saturated heterocycles. The Balaban J connectivity index is 1.58. The predicted octanol–water partition coefficient (Wildman–Crippen LogP) is 4.00. The molecule has 1 aliphatic heterocycles. The standard InChI is InChI=1S/C29H36N6O6S/c1-18-7-8-19(13-23(18)41-26-9-10-30-24(33-26)16-35-12-11-31-25(36)17-35)28(37)32-21-14-20(29(2,3)4)15-22(27(21)40-5)34-42(6,38)39/h7-10,13-15H,11-12,16-17H2,1-6H3,(H3-,31,32,34,36,37,38,39)/p+1. The van der Waals surface area contributed by atoms with Crippen LogP contribution in [0.4, 0.5) is 11.4 Å². The number of hydrogen-bond donors (Lipinski definition) is 4. The second kappa shape index (κ2) is 12.4. The van der Waals surface area contributed by atoms with E-state index in [-0.39, 0.29) is 29.3 Å². The number of amides is 2. The van der Waals surface area contributed by atoms with E-state index < -0.39 is 16.3 Å². The molecule has 1 atom stereocenters. The summed E-state index contributed by atoms with van der Waals surface area (Å²) in [5.41, 5.74) is 2.24. The molecular weight excluding hydrogens is 560 g/mol. The quantitative estimate of drug-likeness (QED) is 0.268. The summed E-state index contributed by atoms with van der Waals surface area (Å²) in [4.78, 5) is 35.9. The number of aryl methyl sites for hydroxylation is 1. The van der Waals surface area contributed by atoms with Crippen molar-refractivity contribution in [3.05, 3.63) is 65.1 Å². The van der Waals surface area contributed by atoms with E-state index in [0.717, 1.165) is 17.4 Å². The number of aromatic nitrogens is 2. The second-order valence-electron chi connectivity index (χ2n) is 11.2. The van der Waals surface area contributed by atoms with Crippen LogP contribution in [0.15, 0.2) is 42.6 Å². The Morgan fingerprint density at radius 2 is 1.93 bits per heavy atom. The summed E-state index contributed by atoms with van der Waals surface area (Å²) in [5, 5.41) is 5.68. The molecule has 3 aromatic rings. The van der Waals surface area contributed by atoms with Crippen molar-refractivity contribution in [2.24, 2.45) is 0 Å². The molecule has 2 heterocycles. The minimum absolute atomic E-state index is 0.0343. The minimum atomic E-state index is -3.36. The van der Waals surface area contributed by atoms with Crippen molar-refractivity contribution in [2.45, 2.75) is 39.7 Å². The third kappa shape index (κ3) is 8.02. The number of carbonyl (C=O) groups excluding carboxylic acids is 2. The number of piperazine rings is 1. The Bertz CT molecular complexity index is 1530. The van der Waals surface area contributed by atoms with Gasteiger partial charge in [-0.2, -0.15) is 14.3 Å². The van der Waals surface area contributed by atoms with Crippen LogP contribution in [0.2, 0.25) is 0 Å². The first-order valence-corrected chi connectivity index (χ1v) is 15.3. The van der Waals surface area contributed by atoms with Crippen molar-refractivity contribution in [3.63, 3.8) is 0 Å². The highest BCUT2D eigenvalue weighted by Gasteiger charge is 2.26. The molecule has 2 aromatic carbocycles. The van der Waals surface area contributed by atoms with Gasteiger partial charge in [0, 0.05) is 30.9 Å². The lowest BCUT2D eigenvalue weighted by Gasteiger charge is -2.25. The van der Waals surface area contributed by atoms with Crippen LogP contribution in [0.1, 0.15) is 48.1 Å². The summed E-state index contributed by atoms with van der Waals surface area (Å²) in [6.45, 7) is 9.82. The van der Waals surface area contributed by atoms with E-state index in [2.05, 4.69) is 25.3 Å². The van der Waals surface area contributed by atoms with E-state index in [1.54, 1.807) is 42.6 Å². The molecule has 4 N–H and O–H groups in total. The van der Waals surface area contributed by atoms with Gasteiger partial charge >= 0.3 is 10.4 Å². The molecule has 0 aliphatic carbocycles. The Hall–Kier alpha value is -4.07. The SMILES string of the molecule is COc1c(NC(=O)c2ccc(C)c(Oc3ccnc(CN4CCNC(=O)C4)n3)c2)cc(C(C)(C)C)cc1N[S+](C)(=O)O. The number of carbonyl (C=O) groups is 2. The van der Waals surface area contributed by atoms with E-state index in [9.17, 15) is 18.4 Å². The van der Waals surface area contributed by atoms with Gasteiger partial charge in [0.2, 0.25) is 11.8 Å². The van der Waals surface area contributed by atoms with Gasteiger partial charge in [0.1, 0.15) is 17.3 Å². The van der Waals surface area contributed by atoms with Gasteiger partial charge in [-0.15, -0.1) is 0 Å². The fourth-order valence-electron chi connectivity index (χ4n) is 4.35. The van der Waals surface area contributed by atoms with Gasteiger partial charge in [0.05, 0.1) is 25.9 Å². The van der Waals surface area contributed by atoms with Crippen LogP contribution in [0, 0.1) is 6.92 Å². The predicted molar refractivity (Wildman–Crippen MR) is 161 cm³/mol. The van der Waals surface area contributed by atoms with E-state index in [4.69, 9.17) is 9.47 Å². The number of nitrogens with zero attached hydrogens (tertiary/aromatic N) is 3. The highest BCUT2D eigenvalue weighted by Crippen LogP contribution is 2.39. The van der Waals surface area contributed by atoms with Crippen molar-refractivity contribution in [1.29, 1.82) is 0 Å². The third-order valence-corrected chi connectivity index (χ3v) is 7.13. The smallest absolute Gasteiger partial charge is 0.307 e.